The van der Waals surface area contributed by atoms with Gasteiger partial charge in [-0.2, -0.15) is 26.3 Å². The number of piperidine rings is 1. The smallest absolute Gasteiger partial charge is 0.416 e. The van der Waals surface area contributed by atoms with Crippen molar-refractivity contribution in [2.75, 3.05) is 20.2 Å². The molecule has 11 heteroatoms. The van der Waals surface area contributed by atoms with Crippen LogP contribution in [-0.4, -0.2) is 36.5 Å². The molecular formula is C26H27F6N2O2Y-. The molecule has 1 spiro atoms. The summed E-state index contributed by atoms with van der Waals surface area (Å²) in [6.45, 7) is 1.79. The minimum atomic E-state index is -4.93. The van der Waals surface area contributed by atoms with Crippen molar-refractivity contribution in [2.24, 2.45) is 0 Å². The molecule has 37 heavy (non-hydrogen) atoms. The van der Waals surface area contributed by atoms with Crippen LogP contribution in [0.5, 0.6) is 0 Å². The fourth-order valence-corrected chi connectivity index (χ4v) is 5.07. The van der Waals surface area contributed by atoms with Gasteiger partial charge >= 0.3 is 12.4 Å². The molecule has 0 aromatic heterocycles. The summed E-state index contributed by atoms with van der Waals surface area (Å²) in [5.41, 5.74) is -3.32. The van der Waals surface area contributed by atoms with Gasteiger partial charge in [-0.15, -0.1) is 6.54 Å². The van der Waals surface area contributed by atoms with Gasteiger partial charge in [0, 0.05) is 58.3 Å². The predicted octanol–water partition coefficient (Wildman–Crippen LogP) is 6.85. The molecule has 0 saturated carbocycles. The normalized spacial score (nSPS) is 25.3. The van der Waals surface area contributed by atoms with E-state index in [1.54, 1.807) is 11.9 Å². The van der Waals surface area contributed by atoms with Crippen molar-refractivity contribution >= 4 is 5.91 Å². The number of likely N-dealkylation sites (tertiary alicyclic amines) is 1. The first kappa shape index (κ1) is 30.1. The van der Waals surface area contributed by atoms with Crippen molar-refractivity contribution in [2.45, 2.75) is 62.1 Å². The van der Waals surface area contributed by atoms with Gasteiger partial charge in [-0.1, -0.05) is 47.9 Å². The number of hydrogen-bond acceptors (Lipinski definition) is 2. The van der Waals surface area contributed by atoms with E-state index in [-0.39, 0.29) is 62.4 Å². The van der Waals surface area contributed by atoms with E-state index in [9.17, 15) is 31.1 Å². The monoisotopic (exact) mass is 602 g/mol. The first-order valence-electron chi connectivity index (χ1n) is 11.7. The number of alkyl halides is 6. The van der Waals surface area contributed by atoms with Gasteiger partial charge in [-0.3, -0.25) is 4.79 Å². The van der Waals surface area contributed by atoms with Crippen LogP contribution in [0.2, 0.25) is 0 Å². The first-order valence-corrected chi connectivity index (χ1v) is 11.7. The minimum absolute atomic E-state index is 0. The number of ether oxygens (including phenoxy) is 1. The second-order valence-corrected chi connectivity index (χ2v) is 9.68. The Morgan fingerprint density at radius 1 is 0.973 bits per heavy atom. The van der Waals surface area contributed by atoms with Crippen molar-refractivity contribution in [3.05, 3.63) is 76.1 Å². The topological polar surface area (TPSA) is 43.6 Å². The standard InChI is InChI=1S/C26H27F6N2O2.Y/c1-17(18-12-20(25(27,28)29)14-21(13-18)26(30,31)32)36-16-24(19-6-4-3-5-7-19)11-10-23(15-33-24)9-8-22(35)34(23)2;/h3-7,12-14,17H,8-11,15-16H2,1-2H3;/q-1;/t17-,23?,24-;/m1./s1. The predicted molar refractivity (Wildman–Crippen MR) is 121 cm³/mol. The molecule has 2 aliphatic heterocycles. The van der Waals surface area contributed by atoms with Gasteiger partial charge in [0.25, 0.3) is 0 Å². The zero-order valence-corrected chi connectivity index (χ0v) is 23.3. The molecule has 2 aromatic carbocycles. The summed E-state index contributed by atoms with van der Waals surface area (Å²) < 4.78 is 85.8. The molecule has 2 heterocycles. The third-order valence-corrected chi connectivity index (χ3v) is 7.53. The third kappa shape index (κ3) is 6.23. The SMILES string of the molecule is C[C@@H](OC[C@@]1(c2ccccc2)CCC2(CCC(=O)N2C)C[N-]1)c1cc(C(F)(F)F)cc(C(F)(F)F)c1.[Y]. The average molecular weight is 602 g/mol. The van der Waals surface area contributed by atoms with Gasteiger partial charge in [0.2, 0.25) is 5.91 Å². The molecular weight excluding hydrogens is 575 g/mol. The van der Waals surface area contributed by atoms with E-state index >= 15 is 0 Å². The molecule has 199 valence electrons. The second-order valence-electron chi connectivity index (χ2n) is 9.68. The Kier molecular flexibility index (Phi) is 8.89. The summed E-state index contributed by atoms with van der Waals surface area (Å²) in [7, 11) is 1.77. The van der Waals surface area contributed by atoms with Crippen LogP contribution in [0.15, 0.2) is 48.5 Å². The largest absolute Gasteiger partial charge is 0.649 e. The Labute approximate surface area is 237 Å². The van der Waals surface area contributed by atoms with Crippen LogP contribution in [0.4, 0.5) is 26.3 Å². The minimum Gasteiger partial charge on any atom is -0.649 e. The summed E-state index contributed by atoms with van der Waals surface area (Å²) in [5, 5.41) is 4.95. The number of benzene rings is 2. The zero-order valence-electron chi connectivity index (χ0n) is 20.5. The van der Waals surface area contributed by atoms with E-state index in [0.29, 0.717) is 44.4 Å². The Morgan fingerprint density at radius 3 is 2.03 bits per heavy atom. The number of hydrogen-bond donors (Lipinski definition) is 0. The van der Waals surface area contributed by atoms with Gasteiger partial charge in [0.05, 0.1) is 17.2 Å². The quantitative estimate of drug-likeness (QED) is 0.352. The molecule has 0 bridgehead atoms. The zero-order chi connectivity index (χ0) is 26.4. The summed E-state index contributed by atoms with van der Waals surface area (Å²) in [6, 6.07) is 10.8. The van der Waals surface area contributed by atoms with Gasteiger partial charge in [0.15, 0.2) is 0 Å². The van der Waals surface area contributed by atoms with E-state index < -0.39 is 35.1 Å². The first-order chi connectivity index (χ1) is 16.8. The third-order valence-electron chi connectivity index (χ3n) is 7.53. The van der Waals surface area contributed by atoms with E-state index in [0.717, 1.165) is 5.56 Å². The number of halogens is 6. The fourth-order valence-electron chi connectivity index (χ4n) is 5.07. The van der Waals surface area contributed by atoms with Gasteiger partial charge in [-0.05, 0) is 43.5 Å². The van der Waals surface area contributed by atoms with E-state index in [2.05, 4.69) is 0 Å². The summed E-state index contributed by atoms with van der Waals surface area (Å²) in [4.78, 5) is 13.9. The molecule has 2 fully saturated rings. The molecule has 1 unspecified atom stereocenters. The summed E-state index contributed by atoms with van der Waals surface area (Å²) in [6.07, 6.45) is -8.58. The van der Waals surface area contributed by atoms with Gasteiger partial charge in [-0.25, -0.2) is 0 Å². The molecule has 0 aliphatic carbocycles. The van der Waals surface area contributed by atoms with Crippen LogP contribution < -0.4 is 0 Å². The number of carbonyl (C=O) groups is 1. The van der Waals surface area contributed by atoms with Crippen LogP contribution in [0.3, 0.4) is 0 Å². The summed E-state index contributed by atoms with van der Waals surface area (Å²) in [5.74, 6) is 0.0623. The van der Waals surface area contributed by atoms with Crippen LogP contribution >= 0.6 is 0 Å². The van der Waals surface area contributed by atoms with E-state index in [1.807, 2.05) is 30.3 Å². The maximum atomic E-state index is 13.3. The van der Waals surface area contributed by atoms with Crippen LogP contribution in [0.25, 0.3) is 5.32 Å². The van der Waals surface area contributed by atoms with Crippen LogP contribution in [0.1, 0.15) is 61.0 Å². The van der Waals surface area contributed by atoms with Crippen LogP contribution in [-0.2, 0) is 60.1 Å². The number of likely N-dealkylation sites (N-methyl/N-ethyl adjacent to an activating group) is 1. The molecule has 2 aliphatic rings. The average Bonchev–Trinajstić information content (AvgIpc) is 3.11. The molecule has 4 rings (SSSR count). The van der Waals surface area contributed by atoms with Gasteiger partial charge in [0.1, 0.15) is 0 Å². The molecule has 2 aromatic rings. The van der Waals surface area contributed by atoms with Crippen LogP contribution in [0, 0.1) is 0 Å². The molecule has 4 nitrogen and oxygen atoms in total. The number of rotatable bonds is 5. The maximum Gasteiger partial charge on any atom is 0.416 e. The van der Waals surface area contributed by atoms with Crippen molar-refractivity contribution in [1.82, 2.24) is 4.90 Å². The van der Waals surface area contributed by atoms with E-state index in [1.165, 1.54) is 6.92 Å². The van der Waals surface area contributed by atoms with Crippen molar-refractivity contribution in [3.63, 3.8) is 0 Å². The fraction of sp³-hybridized carbons (Fsp3) is 0.500. The maximum absolute atomic E-state index is 13.3. The molecule has 0 N–H and O–H groups in total. The van der Waals surface area contributed by atoms with E-state index in [4.69, 9.17) is 10.1 Å². The Hall–Kier alpha value is -1.49. The molecule has 3 atom stereocenters. The second kappa shape index (κ2) is 10.9. The summed E-state index contributed by atoms with van der Waals surface area (Å²) >= 11 is 0. The number of carbonyl (C=O) groups excluding carboxylic acids is 1. The Bertz CT molecular complexity index is 1070. The van der Waals surface area contributed by atoms with Crippen molar-refractivity contribution < 1.29 is 68.6 Å². The number of nitrogens with zero attached hydrogens (tertiary/aromatic N) is 2. The Balaban J connectivity index is 0.00000380. The van der Waals surface area contributed by atoms with Gasteiger partial charge < -0.3 is 15.0 Å². The Morgan fingerprint density at radius 2 is 1.57 bits per heavy atom. The van der Waals surface area contributed by atoms with Crippen molar-refractivity contribution in [1.29, 1.82) is 0 Å². The number of amides is 1. The molecule has 1 amide bonds. The van der Waals surface area contributed by atoms with Crippen molar-refractivity contribution in [3.8, 4) is 0 Å². The molecule has 2 saturated heterocycles. The molecule has 1 radical (unpaired) electrons.